The Hall–Kier alpha value is -3.12. The van der Waals surface area contributed by atoms with Gasteiger partial charge >= 0.3 is 0 Å². The lowest BCUT2D eigenvalue weighted by molar-refractivity contribution is 0.483. The summed E-state index contributed by atoms with van der Waals surface area (Å²) < 4.78 is 5.96. The van der Waals surface area contributed by atoms with Gasteiger partial charge in [0.1, 0.15) is 17.3 Å². The largest absolute Gasteiger partial charge is 0.457 e. The second kappa shape index (κ2) is 5.19. The summed E-state index contributed by atoms with van der Waals surface area (Å²) in [5.41, 5.74) is 9.85. The van der Waals surface area contributed by atoms with Crippen LogP contribution in [0.25, 0.3) is 22.3 Å². The monoisotopic (exact) mass is 331 g/mol. The zero-order chi connectivity index (χ0) is 16.9. The van der Waals surface area contributed by atoms with Gasteiger partial charge in [0.2, 0.25) is 0 Å². The highest BCUT2D eigenvalue weighted by molar-refractivity contribution is 5.77. The molecule has 4 aromatic rings. The average molecular weight is 331 g/mol. The van der Waals surface area contributed by atoms with Crippen molar-refractivity contribution in [3.8, 4) is 22.8 Å². The number of aromatic amines is 2. The zero-order valence-electron chi connectivity index (χ0n) is 13.5. The summed E-state index contributed by atoms with van der Waals surface area (Å²) in [4.78, 5) is 7.94. The molecule has 5 rings (SSSR count). The standard InChI is InChI=1S/C19H17N5O/c20-19(8-9-19)18-22-16-6-5-14(11-17(16)23-18)25-13-3-1-12(2-4-13)15-7-10-21-24-15/h1-7,10-11H,8-9,20H2,(H,21,24)(H,22,23). The molecule has 4 N–H and O–H groups in total. The van der Waals surface area contributed by atoms with Gasteiger partial charge < -0.3 is 15.5 Å². The Labute approximate surface area is 144 Å². The molecule has 0 bridgehead atoms. The van der Waals surface area contributed by atoms with Crippen molar-refractivity contribution < 1.29 is 4.74 Å². The van der Waals surface area contributed by atoms with Gasteiger partial charge in [-0.05, 0) is 60.9 Å². The van der Waals surface area contributed by atoms with Crippen molar-refractivity contribution >= 4 is 11.0 Å². The number of imidazole rings is 1. The maximum Gasteiger partial charge on any atom is 0.129 e. The molecular formula is C19H17N5O. The van der Waals surface area contributed by atoms with Gasteiger partial charge in [-0.1, -0.05) is 0 Å². The number of benzene rings is 2. The second-order valence-electron chi connectivity index (χ2n) is 6.52. The number of nitrogens with zero attached hydrogens (tertiary/aromatic N) is 2. The van der Waals surface area contributed by atoms with Gasteiger partial charge in [0.25, 0.3) is 0 Å². The van der Waals surface area contributed by atoms with Crippen LogP contribution in [0.2, 0.25) is 0 Å². The molecule has 1 saturated carbocycles. The molecule has 6 nitrogen and oxygen atoms in total. The Morgan fingerprint density at radius 3 is 2.52 bits per heavy atom. The number of aromatic nitrogens is 4. The van der Waals surface area contributed by atoms with Crippen molar-refractivity contribution in [3.05, 3.63) is 60.6 Å². The molecule has 2 aromatic heterocycles. The van der Waals surface area contributed by atoms with Crippen LogP contribution in [-0.4, -0.2) is 20.2 Å². The van der Waals surface area contributed by atoms with Crippen molar-refractivity contribution in [2.75, 3.05) is 0 Å². The Morgan fingerprint density at radius 2 is 1.80 bits per heavy atom. The molecule has 1 fully saturated rings. The van der Waals surface area contributed by atoms with Crippen LogP contribution in [0.5, 0.6) is 11.5 Å². The second-order valence-corrected chi connectivity index (χ2v) is 6.52. The van der Waals surface area contributed by atoms with E-state index in [1.165, 1.54) is 0 Å². The molecule has 25 heavy (non-hydrogen) atoms. The molecule has 0 spiro atoms. The number of hydrogen-bond acceptors (Lipinski definition) is 4. The van der Waals surface area contributed by atoms with Gasteiger partial charge in [-0.25, -0.2) is 4.98 Å². The van der Waals surface area contributed by atoms with Gasteiger partial charge in [0, 0.05) is 12.3 Å². The van der Waals surface area contributed by atoms with Crippen molar-refractivity contribution in [1.29, 1.82) is 0 Å². The first kappa shape index (κ1) is 14.2. The molecule has 124 valence electrons. The highest BCUT2D eigenvalue weighted by atomic mass is 16.5. The summed E-state index contributed by atoms with van der Waals surface area (Å²) in [5, 5.41) is 6.92. The molecule has 0 atom stereocenters. The summed E-state index contributed by atoms with van der Waals surface area (Å²) in [6.45, 7) is 0. The summed E-state index contributed by atoms with van der Waals surface area (Å²) in [7, 11) is 0. The van der Waals surface area contributed by atoms with E-state index >= 15 is 0 Å². The summed E-state index contributed by atoms with van der Waals surface area (Å²) in [6.07, 6.45) is 3.71. The molecule has 6 heteroatoms. The number of ether oxygens (including phenoxy) is 1. The first-order chi connectivity index (χ1) is 12.2. The van der Waals surface area contributed by atoms with Crippen LogP contribution < -0.4 is 10.5 Å². The third-order valence-electron chi connectivity index (χ3n) is 4.62. The van der Waals surface area contributed by atoms with E-state index in [0.717, 1.165) is 52.5 Å². The molecule has 0 amide bonds. The number of rotatable bonds is 4. The van der Waals surface area contributed by atoms with Crippen molar-refractivity contribution in [3.63, 3.8) is 0 Å². The molecule has 0 unspecified atom stereocenters. The Kier molecular flexibility index (Phi) is 2.96. The van der Waals surface area contributed by atoms with Crippen molar-refractivity contribution in [2.45, 2.75) is 18.4 Å². The van der Waals surface area contributed by atoms with Crippen LogP contribution in [0.1, 0.15) is 18.7 Å². The normalized spacial score (nSPS) is 15.4. The average Bonchev–Trinajstić information content (AvgIpc) is 3.06. The Morgan fingerprint density at radius 1 is 1.00 bits per heavy atom. The first-order valence-corrected chi connectivity index (χ1v) is 8.26. The van der Waals surface area contributed by atoms with Gasteiger partial charge in [0.15, 0.2) is 0 Å². The van der Waals surface area contributed by atoms with E-state index in [-0.39, 0.29) is 5.54 Å². The fraction of sp³-hybridized carbons (Fsp3) is 0.158. The lowest BCUT2D eigenvalue weighted by Gasteiger charge is -2.06. The van der Waals surface area contributed by atoms with Crippen LogP contribution in [0, 0.1) is 0 Å². The minimum atomic E-state index is -0.261. The number of hydrogen-bond donors (Lipinski definition) is 3. The van der Waals surface area contributed by atoms with E-state index in [2.05, 4.69) is 20.2 Å². The smallest absolute Gasteiger partial charge is 0.129 e. The number of nitrogens with one attached hydrogen (secondary N) is 2. The van der Waals surface area contributed by atoms with Gasteiger partial charge in [0.05, 0.1) is 22.3 Å². The van der Waals surface area contributed by atoms with Gasteiger partial charge in [-0.2, -0.15) is 5.10 Å². The minimum Gasteiger partial charge on any atom is -0.457 e. The van der Waals surface area contributed by atoms with Crippen molar-refractivity contribution in [1.82, 2.24) is 20.2 Å². The fourth-order valence-electron chi connectivity index (χ4n) is 2.91. The predicted molar refractivity (Wildman–Crippen MR) is 95.3 cm³/mol. The molecular weight excluding hydrogens is 314 g/mol. The summed E-state index contributed by atoms with van der Waals surface area (Å²) >= 11 is 0. The van der Waals surface area contributed by atoms with Crippen LogP contribution in [0.4, 0.5) is 0 Å². The maximum atomic E-state index is 6.22. The van der Waals surface area contributed by atoms with Gasteiger partial charge in [-0.3, -0.25) is 5.10 Å². The Bertz CT molecular complexity index is 1030. The topological polar surface area (TPSA) is 92.6 Å². The number of nitrogens with two attached hydrogens (primary N) is 1. The minimum absolute atomic E-state index is 0.261. The third-order valence-corrected chi connectivity index (χ3v) is 4.62. The van der Waals surface area contributed by atoms with Crippen LogP contribution in [0.15, 0.2) is 54.7 Å². The molecule has 1 aliphatic carbocycles. The summed E-state index contributed by atoms with van der Waals surface area (Å²) in [5.74, 6) is 2.39. The highest BCUT2D eigenvalue weighted by Gasteiger charge is 2.43. The van der Waals surface area contributed by atoms with Crippen LogP contribution >= 0.6 is 0 Å². The first-order valence-electron chi connectivity index (χ1n) is 8.26. The maximum absolute atomic E-state index is 6.22. The number of H-pyrrole nitrogens is 2. The third kappa shape index (κ3) is 2.56. The highest BCUT2D eigenvalue weighted by Crippen LogP contribution is 2.41. The summed E-state index contributed by atoms with van der Waals surface area (Å²) in [6, 6.07) is 15.7. The van der Waals surface area contributed by atoms with E-state index in [1.54, 1.807) is 6.20 Å². The van der Waals surface area contributed by atoms with E-state index in [4.69, 9.17) is 10.5 Å². The lowest BCUT2D eigenvalue weighted by atomic mass is 10.1. The molecule has 1 aliphatic rings. The van der Waals surface area contributed by atoms with E-state index in [9.17, 15) is 0 Å². The van der Waals surface area contributed by atoms with Crippen LogP contribution in [-0.2, 0) is 5.54 Å². The molecule has 0 saturated heterocycles. The zero-order valence-corrected chi connectivity index (χ0v) is 13.5. The van der Waals surface area contributed by atoms with E-state index in [1.807, 2.05) is 48.5 Å². The molecule has 2 heterocycles. The quantitative estimate of drug-likeness (QED) is 0.532. The molecule has 0 aliphatic heterocycles. The van der Waals surface area contributed by atoms with Crippen LogP contribution in [0.3, 0.4) is 0 Å². The molecule has 2 aromatic carbocycles. The van der Waals surface area contributed by atoms with Gasteiger partial charge in [-0.15, -0.1) is 0 Å². The SMILES string of the molecule is NC1(c2nc3cc(Oc4ccc(-c5ccn[nH]5)cc4)ccc3[nH]2)CC1. The lowest BCUT2D eigenvalue weighted by Crippen LogP contribution is -2.20. The van der Waals surface area contributed by atoms with E-state index < -0.39 is 0 Å². The van der Waals surface area contributed by atoms with E-state index in [0.29, 0.717) is 0 Å². The van der Waals surface area contributed by atoms with Crippen molar-refractivity contribution in [2.24, 2.45) is 5.73 Å². The molecule has 0 radical (unpaired) electrons. The Balaban J connectivity index is 1.40. The predicted octanol–water partition coefficient (Wildman–Crippen LogP) is 3.69. The number of fused-ring (bicyclic) bond motifs is 1. The fourth-order valence-corrected chi connectivity index (χ4v) is 2.91.